The van der Waals surface area contributed by atoms with E-state index in [1.54, 1.807) is 6.33 Å². The fraction of sp³-hybridized carbons (Fsp3) is 0.296. The van der Waals surface area contributed by atoms with Gasteiger partial charge in [0.15, 0.2) is 0 Å². The number of fused-ring (bicyclic) bond motifs is 3. The number of rotatable bonds is 5. The summed E-state index contributed by atoms with van der Waals surface area (Å²) in [7, 11) is 0. The van der Waals surface area contributed by atoms with Crippen LogP contribution in [0, 0.1) is 5.92 Å². The SMILES string of the molecule is O=C(Nc1ccccc1)C1CCc2[nH]c3ncnc(Nc4ccccc4N4CCOCC4)c3c2C1. The highest BCUT2D eigenvalue weighted by Gasteiger charge is 2.29. The molecule has 1 atom stereocenters. The van der Waals surface area contributed by atoms with Crippen LogP contribution in [-0.4, -0.2) is 47.2 Å². The van der Waals surface area contributed by atoms with Crippen molar-refractivity contribution >= 4 is 39.8 Å². The number of hydrogen-bond acceptors (Lipinski definition) is 6. The second-order valence-electron chi connectivity index (χ2n) is 9.06. The van der Waals surface area contributed by atoms with Crippen molar-refractivity contribution in [1.29, 1.82) is 0 Å². The van der Waals surface area contributed by atoms with Gasteiger partial charge in [0.25, 0.3) is 0 Å². The number of nitrogens with one attached hydrogen (secondary N) is 3. The van der Waals surface area contributed by atoms with Crippen molar-refractivity contribution in [1.82, 2.24) is 15.0 Å². The molecule has 1 unspecified atom stereocenters. The van der Waals surface area contributed by atoms with Crippen LogP contribution in [0.2, 0.25) is 0 Å². The molecule has 2 aliphatic rings. The Kier molecular flexibility index (Phi) is 5.79. The molecule has 1 aliphatic heterocycles. The van der Waals surface area contributed by atoms with Crippen molar-refractivity contribution in [2.75, 3.05) is 41.8 Å². The molecule has 0 saturated carbocycles. The van der Waals surface area contributed by atoms with E-state index in [1.165, 1.54) is 0 Å². The maximum atomic E-state index is 13.0. The van der Waals surface area contributed by atoms with Gasteiger partial charge in [-0.15, -0.1) is 0 Å². The first-order valence-corrected chi connectivity index (χ1v) is 12.2. The summed E-state index contributed by atoms with van der Waals surface area (Å²) in [5.74, 6) is 0.716. The zero-order valence-electron chi connectivity index (χ0n) is 19.5. The van der Waals surface area contributed by atoms with E-state index in [2.05, 4.69) is 48.7 Å². The van der Waals surface area contributed by atoms with Gasteiger partial charge in [0, 0.05) is 30.4 Å². The number of nitrogens with zero attached hydrogens (tertiary/aromatic N) is 3. The minimum Gasteiger partial charge on any atom is -0.378 e. The Morgan fingerprint density at radius 3 is 2.69 bits per heavy atom. The normalized spacial score (nSPS) is 17.7. The molecule has 1 saturated heterocycles. The molecule has 35 heavy (non-hydrogen) atoms. The fourth-order valence-corrected chi connectivity index (χ4v) is 5.11. The second-order valence-corrected chi connectivity index (χ2v) is 9.06. The molecule has 1 amide bonds. The van der Waals surface area contributed by atoms with Gasteiger partial charge in [0.1, 0.15) is 17.8 Å². The summed E-state index contributed by atoms with van der Waals surface area (Å²) >= 11 is 0. The van der Waals surface area contributed by atoms with Gasteiger partial charge in [-0.25, -0.2) is 9.97 Å². The predicted octanol–water partition coefficient (Wildman–Crippen LogP) is 4.28. The highest BCUT2D eigenvalue weighted by Crippen LogP contribution is 2.37. The van der Waals surface area contributed by atoms with Crippen LogP contribution in [0.1, 0.15) is 17.7 Å². The van der Waals surface area contributed by atoms with E-state index in [9.17, 15) is 4.79 Å². The third-order valence-corrected chi connectivity index (χ3v) is 6.90. The zero-order chi connectivity index (χ0) is 23.6. The smallest absolute Gasteiger partial charge is 0.227 e. The van der Waals surface area contributed by atoms with E-state index in [1.807, 2.05) is 36.4 Å². The summed E-state index contributed by atoms with van der Waals surface area (Å²) in [6.07, 6.45) is 3.85. The van der Waals surface area contributed by atoms with Crippen LogP contribution >= 0.6 is 0 Å². The number of hydrogen-bond donors (Lipinski definition) is 3. The number of morpholine rings is 1. The Labute approximate surface area is 203 Å². The lowest BCUT2D eigenvalue weighted by atomic mass is 9.86. The lowest BCUT2D eigenvalue weighted by molar-refractivity contribution is -0.120. The summed E-state index contributed by atoms with van der Waals surface area (Å²) < 4.78 is 5.54. The molecule has 0 spiro atoms. The van der Waals surface area contributed by atoms with Crippen LogP contribution in [0.5, 0.6) is 0 Å². The molecule has 3 N–H and O–H groups in total. The lowest BCUT2D eigenvalue weighted by Gasteiger charge is -2.30. The number of ether oxygens (including phenoxy) is 1. The number of aryl methyl sites for hydroxylation is 1. The molecule has 8 heteroatoms. The molecule has 4 aromatic rings. The molecule has 2 aromatic heterocycles. The first-order valence-electron chi connectivity index (χ1n) is 12.2. The Bertz CT molecular complexity index is 1350. The van der Waals surface area contributed by atoms with Gasteiger partial charge in [-0.1, -0.05) is 30.3 Å². The average Bonchev–Trinajstić information content (AvgIpc) is 3.29. The molecule has 0 bridgehead atoms. The standard InChI is InChI=1S/C27H28N6O2/c34-27(30-19-6-2-1-3-7-19)18-10-11-21-20(16-18)24-25(31-21)28-17-29-26(24)32-22-8-4-5-9-23(22)33-12-14-35-15-13-33/h1-9,17-18H,10-16H2,(H,30,34)(H2,28,29,31,32). The first kappa shape index (κ1) is 21.6. The summed E-state index contributed by atoms with van der Waals surface area (Å²) in [5, 5.41) is 7.62. The molecule has 178 valence electrons. The second kappa shape index (κ2) is 9.38. The summed E-state index contributed by atoms with van der Waals surface area (Å²) in [6, 6.07) is 17.9. The Hall–Kier alpha value is -3.91. The molecular formula is C27H28N6O2. The molecule has 3 heterocycles. The number of H-pyrrole nitrogens is 1. The lowest BCUT2D eigenvalue weighted by Crippen LogP contribution is -2.36. The largest absolute Gasteiger partial charge is 0.378 e. The number of carbonyl (C=O) groups excluding carboxylic acids is 1. The monoisotopic (exact) mass is 468 g/mol. The molecule has 1 fully saturated rings. The summed E-state index contributed by atoms with van der Waals surface area (Å²) in [4.78, 5) is 28.0. The van der Waals surface area contributed by atoms with Crippen LogP contribution in [0.15, 0.2) is 60.9 Å². The van der Waals surface area contributed by atoms with E-state index >= 15 is 0 Å². The van der Waals surface area contributed by atoms with Gasteiger partial charge < -0.3 is 25.3 Å². The highest BCUT2D eigenvalue weighted by molar-refractivity contribution is 5.97. The Balaban J connectivity index is 1.30. The van der Waals surface area contributed by atoms with Crippen molar-refractivity contribution in [3.8, 4) is 0 Å². The molecule has 8 nitrogen and oxygen atoms in total. The summed E-state index contributed by atoms with van der Waals surface area (Å²) in [5.41, 5.74) is 6.04. The maximum Gasteiger partial charge on any atom is 0.227 e. The minimum absolute atomic E-state index is 0.0558. The van der Waals surface area contributed by atoms with Crippen molar-refractivity contribution in [2.24, 2.45) is 5.92 Å². The average molecular weight is 469 g/mol. The summed E-state index contributed by atoms with van der Waals surface area (Å²) in [6.45, 7) is 3.17. The Morgan fingerprint density at radius 1 is 1.03 bits per heavy atom. The van der Waals surface area contributed by atoms with Crippen LogP contribution < -0.4 is 15.5 Å². The number of para-hydroxylation sites is 3. The number of aromatic nitrogens is 3. The van der Waals surface area contributed by atoms with Gasteiger partial charge in [-0.2, -0.15) is 0 Å². The van der Waals surface area contributed by atoms with E-state index in [0.717, 1.165) is 84.3 Å². The van der Waals surface area contributed by atoms with E-state index < -0.39 is 0 Å². The number of carbonyl (C=O) groups is 1. The number of aromatic amines is 1. The molecule has 1 aliphatic carbocycles. The van der Waals surface area contributed by atoms with Crippen LogP contribution in [0.4, 0.5) is 22.9 Å². The van der Waals surface area contributed by atoms with E-state index in [-0.39, 0.29) is 11.8 Å². The third kappa shape index (κ3) is 4.33. The van der Waals surface area contributed by atoms with Gasteiger partial charge in [0.05, 0.1) is 30.0 Å². The number of amides is 1. The highest BCUT2D eigenvalue weighted by atomic mass is 16.5. The Morgan fingerprint density at radius 2 is 1.83 bits per heavy atom. The van der Waals surface area contributed by atoms with Crippen molar-refractivity contribution in [3.05, 3.63) is 72.2 Å². The van der Waals surface area contributed by atoms with Gasteiger partial charge in [0.2, 0.25) is 5.91 Å². The van der Waals surface area contributed by atoms with Crippen LogP contribution in [0.3, 0.4) is 0 Å². The molecule has 0 radical (unpaired) electrons. The van der Waals surface area contributed by atoms with Gasteiger partial charge in [-0.3, -0.25) is 4.79 Å². The first-order chi connectivity index (χ1) is 17.3. The number of benzene rings is 2. The fourth-order valence-electron chi connectivity index (χ4n) is 5.11. The topological polar surface area (TPSA) is 95.2 Å². The minimum atomic E-state index is -0.101. The van der Waals surface area contributed by atoms with Gasteiger partial charge in [-0.05, 0) is 49.1 Å². The van der Waals surface area contributed by atoms with Crippen molar-refractivity contribution in [2.45, 2.75) is 19.3 Å². The van der Waals surface area contributed by atoms with Crippen LogP contribution in [0.25, 0.3) is 11.0 Å². The molecular weight excluding hydrogens is 440 g/mol. The van der Waals surface area contributed by atoms with Crippen molar-refractivity contribution in [3.63, 3.8) is 0 Å². The van der Waals surface area contributed by atoms with Crippen LogP contribution in [-0.2, 0) is 22.4 Å². The molecule has 6 rings (SSSR count). The van der Waals surface area contributed by atoms with Gasteiger partial charge >= 0.3 is 0 Å². The predicted molar refractivity (Wildman–Crippen MR) is 137 cm³/mol. The van der Waals surface area contributed by atoms with Crippen molar-refractivity contribution < 1.29 is 9.53 Å². The molecule has 2 aromatic carbocycles. The quantitative estimate of drug-likeness (QED) is 0.405. The third-order valence-electron chi connectivity index (χ3n) is 6.90. The van der Waals surface area contributed by atoms with E-state index in [4.69, 9.17) is 4.74 Å². The number of anilines is 4. The zero-order valence-corrected chi connectivity index (χ0v) is 19.5. The maximum absolute atomic E-state index is 13.0. The van der Waals surface area contributed by atoms with E-state index in [0.29, 0.717) is 6.42 Å².